The molecule has 0 fully saturated rings. The maximum absolute atomic E-state index is 13.6. The number of esters is 1. The lowest BCUT2D eigenvalue weighted by Gasteiger charge is -2.31. The number of amides is 1. The first kappa shape index (κ1) is 30.2. The van der Waals surface area contributed by atoms with E-state index in [0.717, 1.165) is 38.9 Å². The summed E-state index contributed by atoms with van der Waals surface area (Å²) in [6, 6.07) is 21.3. The number of aromatic nitrogens is 5. The van der Waals surface area contributed by atoms with E-state index in [0.29, 0.717) is 41.7 Å². The molecule has 1 aliphatic rings. The number of fused-ring (bicyclic) bond motifs is 2. The summed E-state index contributed by atoms with van der Waals surface area (Å²) in [7, 11) is 0. The van der Waals surface area contributed by atoms with Gasteiger partial charge in [0.05, 0.1) is 23.0 Å². The number of ether oxygens (including phenoxy) is 1. The van der Waals surface area contributed by atoms with E-state index >= 15 is 0 Å². The summed E-state index contributed by atoms with van der Waals surface area (Å²) in [5.41, 5.74) is 5.47. The number of hydrogen-bond acceptors (Lipinski definition) is 9. The molecule has 6 aromatic rings. The summed E-state index contributed by atoms with van der Waals surface area (Å²) in [5.74, 6) is -0.0837. The quantitative estimate of drug-likeness (QED) is 0.190. The molecule has 0 saturated carbocycles. The topological polar surface area (TPSA) is 115 Å². The summed E-state index contributed by atoms with van der Waals surface area (Å²) in [4.78, 5) is 42.8. The van der Waals surface area contributed by atoms with Crippen molar-refractivity contribution in [3.05, 3.63) is 119 Å². The maximum atomic E-state index is 13.6. The monoisotopic (exact) mass is 643 g/mol. The number of anilines is 2. The number of carbonyl (C=O) groups excluding carboxylic acids is 2. The highest BCUT2D eigenvalue weighted by molar-refractivity contribution is 7.22. The number of hydrogen-bond donors (Lipinski definition) is 1. The Labute approximate surface area is 276 Å². The van der Waals surface area contributed by atoms with Gasteiger partial charge in [-0.15, -0.1) is 0 Å². The fraction of sp³-hybridized carbons (Fsp3) is 0.222. The van der Waals surface area contributed by atoms with Crippen molar-refractivity contribution < 1.29 is 14.3 Å². The molecule has 236 valence electrons. The average molecular weight is 644 g/mol. The second-order valence-corrected chi connectivity index (χ2v) is 13.4. The second-order valence-electron chi connectivity index (χ2n) is 12.4. The van der Waals surface area contributed by atoms with Gasteiger partial charge in [-0.3, -0.25) is 19.8 Å². The van der Waals surface area contributed by atoms with Crippen LogP contribution in [0.5, 0.6) is 0 Å². The molecule has 10 nitrogen and oxygen atoms in total. The summed E-state index contributed by atoms with van der Waals surface area (Å²) >= 11 is 1.45. The summed E-state index contributed by atoms with van der Waals surface area (Å²) in [5, 5.41) is 8.10. The SMILES string of the molecule is CC(C)(C)OC(=O)c1nc(N2CCc3cccc(C(=O)Nc4nc5ccccc5s4)c3C2)ccc1-c1cnn(Cc2ccncc2)c1. The van der Waals surface area contributed by atoms with Gasteiger partial charge in [-0.1, -0.05) is 35.6 Å². The number of rotatable bonds is 7. The predicted molar refractivity (Wildman–Crippen MR) is 183 cm³/mol. The van der Waals surface area contributed by atoms with Crippen molar-refractivity contribution in [2.75, 3.05) is 16.8 Å². The van der Waals surface area contributed by atoms with Crippen molar-refractivity contribution in [1.29, 1.82) is 0 Å². The summed E-state index contributed by atoms with van der Waals surface area (Å²) < 4.78 is 8.64. The Morgan fingerprint density at radius 1 is 0.979 bits per heavy atom. The number of nitrogens with one attached hydrogen (secondary N) is 1. The molecule has 0 bridgehead atoms. The fourth-order valence-corrected chi connectivity index (χ4v) is 6.54. The van der Waals surface area contributed by atoms with Crippen LogP contribution in [-0.2, 0) is 24.2 Å². The number of nitrogens with zero attached hydrogens (tertiary/aromatic N) is 6. The Bertz CT molecular complexity index is 2070. The first-order valence-corrected chi connectivity index (χ1v) is 16.2. The van der Waals surface area contributed by atoms with Gasteiger partial charge in [-0.25, -0.2) is 14.8 Å². The molecule has 2 aromatic carbocycles. The van der Waals surface area contributed by atoms with E-state index in [-0.39, 0.29) is 11.6 Å². The van der Waals surface area contributed by atoms with Crippen LogP contribution in [-0.4, -0.2) is 48.8 Å². The van der Waals surface area contributed by atoms with Crippen LogP contribution < -0.4 is 10.2 Å². The number of para-hydroxylation sites is 1. The molecule has 11 heteroatoms. The van der Waals surface area contributed by atoms with Gasteiger partial charge in [0, 0.05) is 48.4 Å². The molecule has 0 spiro atoms. The number of benzene rings is 2. The largest absolute Gasteiger partial charge is 0.455 e. The van der Waals surface area contributed by atoms with E-state index in [4.69, 9.17) is 9.72 Å². The van der Waals surface area contributed by atoms with Crippen LogP contribution in [0, 0.1) is 0 Å². The lowest BCUT2D eigenvalue weighted by molar-refractivity contribution is 0.00638. The van der Waals surface area contributed by atoms with Crippen molar-refractivity contribution in [2.24, 2.45) is 0 Å². The first-order valence-electron chi connectivity index (χ1n) is 15.4. The van der Waals surface area contributed by atoms with Crippen LogP contribution >= 0.6 is 11.3 Å². The number of thiazole rings is 1. The third-order valence-corrected chi connectivity index (χ3v) is 8.82. The van der Waals surface area contributed by atoms with E-state index in [2.05, 4.69) is 31.3 Å². The predicted octanol–water partition coefficient (Wildman–Crippen LogP) is 6.77. The highest BCUT2D eigenvalue weighted by Crippen LogP contribution is 2.32. The lowest BCUT2D eigenvalue weighted by Crippen LogP contribution is -2.33. The van der Waals surface area contributed by atoms with E-state index in [1.54, 1.807) is 18.6 Å². The smallest absolute Gasteiger partial charge is 0.358 e. The first-order chi connectivity index (χ1) is 22.7. The van der Waals surface area contributed by atoms with Crippen LogP contribution in [0.25, 0.3) is 21.3 Å². The van der Waals surface area contributed by atoms with Crippen LogP contribution in [0.15, 0.2) is 91.5 Å². The van der Waals surface area contributed by atoms with Gasteiger partial charge < -0.3 is 9.64 Å². The average Bonchev–Trinajstić information content (AvgIpc) is 3.70. The molecule has 5 heterocycles. The molecule has 0 aliphatic carbocycles. The molecule has 0 saturated heterocycles. The lowest BCUT2D eigenvalue weighted by atomic mass is 9.94. The third-order valence-electron chi connectivity index (χ3n) is 7.87. The van der Waals surface area contributed by atoms with Crippen LogP contribution in [0.1, 0.15) is 58.3 Å². The Balaban J connectivity index is 1.17. The van der Waals surface area contributed by atoms with Gasteiger partial charge in [0.2, 0.25) is 0 Å². The van der Waals surface area contributed by atoms with Gasteiger partial charge in [0.1, 0.15) is 11.4 Å². The van der Waals surface area contributed by atoms with E-state index in [1.807, 2.05) is 92.3 Å². The standard InChI is InChI=1S/C36H33N7O3S/c1-36(2,3)46-34(45)32-26(25-19-38-43(21-25)20-23-13-16-37-17-14-23)11-12-31(40-32)42-18-15-24-7-6-8-27(28(24)22-42)33(44)41-35-39-29-9-4-5-10-30(29)47-35/h4-14,16-17,19,21H,15,18,20,22H2,1-3H3,(H,39,41,44). The molecule has 1 aliphatic heterocycles. The summed E-state index contributed by atoms with van der Waals surface area (Å²) in [6.45, 7) is 7.22. The number of pyridine rings is 2. The zero-order chi connectivity index (χ0) is 32.5. The molecule has 0 radical (unpaired) electrons. The van der Waals surface area contributed by atoms with Crippen molar-refractivity contribution in [3.63, 3.8) is 0 Å². The molecule has 1 N–H and O–H groups in total. The van der Waals surface area contributed by atoms with Crippen molar-refractivity contribution in [1.82, 2.24) is 24.7 Å². The van der Waals surface area contributed by atoms with Crippen LogP contribution in [0.3, 0.4) is 0 Å². The maximum Gasteiger partial charge on any atom is 0.358 e. The van der Waals surface area contributed by atoms with Crippen LogP contribution in [0.2, 0.25) is 0 Å². The van der Waals surface area contributed by atoms with Crippen molar-refractivity contribution in [2.45, 2.75) is 45.9 Å². The minimum atomic E-state index is -0.701. The molecule has 4 aromatic heterocycles. The normalized spacial score (nSPS) is 13.0. The highest BCUT2D eigenvalue weighted by Gasteiger charge is 2.27. The fourth-order valence-electron chi connectivity index (χ4n) is 5.68. The van der Waals surface area contributed by atoms with Gasteiger partial charge in [-0.05, 0) is 86.3 Å². The van der Waals surface area contributed by atoms with E-state index < -0.39 is 11.6 Å². The van der Waals surface area contributed by atoms with E-state index in [1.165, 1.54) is 11.3 Å². The van der Waals surface area contributed by atoms with Gasteiger partial charge >= 0.3 is 5.97 Å². The Morgan fingerprint density at radius 3 is 2.62 bits per heavy atom. The minimum Gasteiger partial charge on any atom is -0.455 e. The molecular weight excluding hydrogens is 611 g/mol. The second kappa shape index (κ2) is 12.4. The summed E-state index contributed by atoms with van der Waals surface area (Å²) in [6.07, 6.45) is 7.86. The molecule has 7 rings (SSSR count). The molecule has 1 amide bonds. The zero-order valence-corrected chi connectivity index (χ0v) is 27.1. The number of carbonyl (C=O) groups is 2. The minimum absolute atomic E-state index is 0.204. The highest BCUT2D eigenvalue weighted by atomic mass is 32.1. The van der Waals surface area contributed by atoms with Gasteiger partial charge in [-0.2, -0.15) is 5.10 Å². The Kier molecular flexibility index (Phi) is 7.98. The third kappa shape index (κ3) is 6.61. The molecule has 0 unspecified atom stereocenters. The van der Waals surface area contributed by atoms with Crippen molar-refractivity contribution >= 4 is 44.4 Å². The Hall–Kier alpha value is -5.42. The van der Waals surface area contributed by atoms with Crippen LogP contribution in [0.4, 0.5) is 10.9 Å². The molecule has 47 heavy (non-hydrogen) atoms. The molecule has 0 atom stereocenters. The van der Waals surface area contributed by atoms with Crippen molar-refractivity contribution in [3.8, 4) is 11.1 Å². The van der Waals surface area contributed by atoms with Gasteiger partial charge in [0.15, 0.2) is 10.8 Å². The zero-order valence-electron chi connectivity index (χ0n) is 26.3. The van der Waals surface area contributed by atoms with E-state index in [9.17, 15) is 9.59 Å². The molecular formula is C36H33N7O3S. The Morgan fingerprint density at radius 2 is 1.81 bits per heavy atom. The van der Waals surface area contributed by atoms with Gasteiger partial charge in [0.25, 0.3) is 5.91 Å².